The van der Waals surface area contributed by atoms with E-state index in [0.717, 1.165) is 31.6 Å². The summed E-state index contributed by atoms with van der Waals surface area (Å²) >= 11 is 0. The first-order valence-electron chi connectivity index (χ1n) is 10.5. The van der Waals surface area contributed by atoms with Gasteiger partial charge in [0.2, 0.25) is 10.0 Å². The van der Waals surface area contributed by atoms with Crippen molar-refractivity contribution in [3.63, 3.8) is 0 Å². The molecule has 1 N–H and O–H groups in total. The lowest BCUT2D eigenvalue weighted by Crippen LogP contribution is -2.44. The molecular weight excluding hydrogens is 412 g/mol. The summed E-state index contributed by atoms with van der Waals surface area (Å²) in [5, 5.41) is 12.0. The fourth-order valence-corrected chi connectivity index (χ4v) is 5.31. The average Bonchev–Trinajstić information content (AvgIpc) is 2.80. The number of carbonyl (C=O) groups excluding carboxylic acids is 1. The van der Waals surface area contributed by atoms with Crippen LogP contribution in [0.4, 0.5) is 5.69 Å². The summed E-state index contributed by atoms with van der Waals surface area (Å²) in [6.07, 6.45) is 1.59. The van der Waals surface area contributed by atoms with E-state index in [2.05, 4.69) is 16.3 Å². The molecule has 7 nitrogen and oxygen atoms in total. The van der Waals surface area contributed by atoms with Crippen LogP contribution in [0.3, 0.4) is 0 Å². The van der Waals surface area contributed by atoms with Gasteiger partial charge >= 0.3 is 0 Å². The number of nitrogens with one attached hydrogen (secondary N) is 1. The normalized spacial score (nSPS) is 15.0. The van der Waals surface area contributed by atoms with Crippen LogP contribution in [0.15, 0.2) is 53.4 Å². The Morgan fingerprint density at radius 1 is 1.13 bits per heavy atom. The van der Waals surface area contributed by atoms with E-state index < -0.39 is 10.0 Å². The largest absolute Gasteiger partial charge is 0.371 e. The maximum atomic E-state index is 12.8. The third kappa shape index (κ3) is 5.24. The minimum atomic E-state index is -3.61. The number of carbonyl (C=O) groups is 1. The first-order chi connectivity index (χ1) is 14.9. The Labute approximate surface area is 184 Å². The number of sulfonamides is 1. The molecule has 3 rings (SSSR count). The highest BCUT2D eigenvalue weighted by molar-refractivity contribution is 7.89. The molecule has 1 aliphatic heterocycles. The Kier molecular flexibility index (Phi) is 7.31. The second-order valence-corrected chi connectivity index (χ2v) is 9.45. The van der Waals surface area contributed by atoms with Crippen LogP contribution in [0.2, 0.25) is 0 Å². The molecular formula is C23H28N4O3S. The van der Waals surface area contributed by atoms with Crippen LogP contribution in [-0.2, 0) is 10.0 Å². The third-order valence-electron chi connectivity index (χ3n) is 5.63. The fraction of sp³-hybridized carbons (Fsp3) is 0.391. The molecule has 0 atom stereocenters. The van der Waals surface area contributed by atoms with Gasteiger partial charge in [0.1, 0.15) is 0 Å². The second-order valence-electron chi connectivity index (χ2n) is 7.51. The number of hydrogen-bond acceptors (Lipinski definition) is 5. The van der Waals surface area contributed by atoms with Crippen molar-refractivity contribution in [3.05, 3.63) is 59.7 Å². The minimum absolute atomic E-state index is 0.0326. The highest BCUT2D eigenvalue weighted by Crippen LogP contribution is 2.21. The van der Waals surface area contributed by atoms with Gasteiger partial charge in [-0.05, 0) is 55.3 Å². The van der Waals surface area contributed by atoms with E-state index in [1.165, 1.54) is 16.4 Å². The highest BCUT2D eigenvalue weighted by atomic mass is 32.2. The molecule has 0 unspecified atom stereocenters. The van der Waals surface area contributed by atoms with Crippen LogP contribution in [-0.4, -0.2) is 50.9 Å². The lowest BCUT2D eigenvalue weighted by molar-refractivity contribution is 0.0931. The van der Waals surface area contributed by atoms with Crippen molar-refractivity contribution in [3.8, 4) is 6.07 Å². The zero-order valence-corrected chi connectivity index (χ0v) is 18.7. The standard InChI is InChI=1S/C23H28N4O3S/c1-3-27(4-2)31(29,30)22-7-5-6-19(16-22)23(28)25-20-12-14-26(15-13-20)21-10-8-18(17-24)9-11-21/h5-11,16,20H,3-4,12-15H2,1-2H3,(H,25,28). The van der Waals surface area contributed by atoms with Crippen molar-refractivity contribution in [2.45, 2.75) is 37.6 Å². The van der Waals surface area contributed by atoms with Gasteiger partial charge in [-0.2, -0.15) is 9.57 Å². The first kappa shape index (κ1) is 22.8. The summed E-state index contributed by atoms with van der Waals surface area (Å²) < 4.78 is 26.9. The van der Waals surface area contributed by atoms with Crippen molar-refractivity contribution >= 4 is 21.6 Å². The van der Waals surface area contributed by atoms with Crippen molar-refractivity contribution in [2.75, 3.05) is 31.1 Å². The number of piperidine rings is 1. The predicted molar refractivity (Wildman–Crippen MR) is 120 cm³/mol. The number of hydrogen-bond donors (Lipinski definition) is 1. The second kappa shape index (κ2) is 9.94. The van der Waals surface area contributed by atoms with Crippen molar-refractivity contribution in [2.24, 2.45) is 0 Å². The fourth-order valence-electron chi connectivity index (χ4n) is 3.81. The van der Waals surface area contributed by atoms with Crippen LogP contribution in [0.1, 0.15) is 42.6 Å². The first-order valence-corrected chi connectivity index (χ1v) is 12.0. The van der Waals surface area contributed by atoms with E-state index in [1.54, 1.807) is 26.0 Å². The number of amides is 1. The number of nitrogens with zero attached hydrogens (tertiary/aromatic N) is 3. The SMILES string of the molecule is CCN(CC)S(=O)(=O)c1cccc(C(=O)NC2CCN(c3ccc(C#N)cc3)CC2)c1. The van der Waals surface area contributed by atoms with E-state index in [-0.39, 0.29) is 16.8 Å². The molecule has 1 saturated heterocycles. The Morgan fingerprint density at radius 3 is 2.35 bits per heavy atom. The van der Waals surface area contributed by atoms with E-state index in [4.69, 9.17) is 5.26 Å². The number of nitriles is 1. The molecule has 1 amide bonds. The van der Waals surface area contributed by atoms with Crippen molar-refractivity contribution in [1.82, 2.24) is 9.62 Å². The smallest absolute Gasteiger partial charge is 0.251 e. The summed E-state index contributed by atoms with van der Waals surface area (Å²) in [6, 6.07) is 15.9. The quantitative estimate of drug-likeness (QED) is 0.714. The van der Waals surface area contributed by atoms with Gasteiger partial charge < -0.3 is 10.2 Å². The molecule has 2 aromatic rings. The van der Waals surface area contributed by atoms with E-state index in [1.807, 2.05) is 24.3 Å². The Balaban J connectivity index is 1.62. The topological polar surface area (TPSA) is 93.5 Å². The maximum Gasteiger partial charge on any atom is 0.251 e. The van der Waals surface area contributed by atoms with Crippen LogP contribution < -0.4 is 10.2 Å². The zero-order chi connectivity index (χ0) is 22.4. The Morgan fingerprint density at radius 2 is 1.77 bits per heavy atom. The molecule has 164 valence electrons. The van der Waals surface area contributed by atoms with Crippen LogP contribution in [0.5, 0.6) is 0 Å². The molecule has 0 spiro atoms. The van der Waals surface area contributed by atoms with Gasteiger partial charge in [-0.1, -0.05) is 19.9 Å². The van der Waals surface area contributed by atoms with E-state index in [9.17, 15) is 13.2 Å². The molecule has 2 aromatic carbocycles. The molecule has 1 fully saturated rings. The molecule has 1 heterocycles. The predicted octanol–water partition coefficient (Wildman–Crippen LogP) is 2.99. The van der Waals surface area contributed by atoms with Gasteiger partial charge in [-0.3, -0.25) is 4.79 Å². The van der Waals surface area contributed by atoms with Crippen LogP contribution in [0.25, 0.3) is 0 Å². The average molecular weight is 441 g/mol. The molecule has 0 saturated carbocycles. The number of benzene rings is 2. The summed E-state index contributed by atoms with van der Waals surface area (Å²) in [5.74, 6) is -0.256. The number of rotatable bonds is 7. The molecule has 0 bridgehead atoms. The molecule has 0 aliphatic carbocycles. The van der Waals surface area contributed by atoms with E-state index >= 15 is 0 Å². The Hall–Kier alpha value is -2.89. The van der Waals surface area contributed by atoms with Crippen LogP contribution in [0, 0.1) is 11.3 Å². The summed E-state index contributed by atoms with van der Waals surface area (Å²) in [6.45, 7) is 5.95. The summed E-state index contributed by atoms with van der Waals surface area (Å²) in [4.78, 5) is 15.1. The van der Waals surface area contributed by atoms with Crippen molar-refractivity contribution in [1.29, 1.82) is 5.26 Å². The molecule has 0 aromatic heterocycles. The lowest BCUT2D eigenvalue weighted by atomic mass is 10.0. The van der Waals surface area contributed by atoms with Gasteiger partial charge in [0, 0.05) is 43.5 Å². The van der Waals surface area contributed by atoms with Gasteiger partial charge in [0.15, 0.2) is 0 Å². The third-order valence-corrected chi connectivity index (χ3v) is 7.68. The van der Waals surface area contributed by atoms with E-state index in [0.29, 0.717) is 24.2 Å². The minimum Gasteiger partial charge on any atom is -0.371 e. The molecule has 31 heavy (non-hydrogen) atoms. The van der Waals surface area contributed by atoms with Gasteiger partial charge in [-0.25, -0.2) is 8.42 Å². The maximum absolute atomic E-state index is 12.8. The van der Waals surface area contributed by atoms with Crippen LogP contribution >= 0.6 is 0 Å². The molecule has 1 aliphatic rings. The molecule has 0 radical (unpaired) electrons. The van der Waals surface area contributed by atoms with Gasteiger partial charge in [-0.15, -0.1) is 0 Å². The van der Waals surface area contributed by atoms with Gasteiger partial charge in [0.25, 0.3) is 5.91 Å². The Bertz CT molecular complexity index is 1050. The monoisotopic (exact) mass is 440 g/mol. The summed E-state index contributed by atoms with van der Waals surface area (Å²) in [5.41, 5.74) is 2.05. The lowest BCUT2D eigenvalue weighted by Gasteiger charge is -2.34. The zero-order valence-electron chi connectivity index (χ0n) is 17.9. The number of anilines is 1. The highest BCUT2D eigenvalue weighted by Gasteiger charge is 2.24. The summed E-state index contributed by atoms with van der Waals surface area (Å²) in [7, 11) is -3.61. The van der Waals surface area contributed by atoms with Crippen molar-refractivity contribution < 1.29 is 13.2 Å². The molecule has 8 heteroatoms. The van der Waals surface area contributed by atoms with Gasteiger partial charge in [0.05, 0.1) is 16.5 Å².